The Balaban J connectivity index is 1.53. The van der Waals surface area contributed by atoms with Crippen LogP contribution < -0.4 is 5.32 Å². The van der Waals surface area contributed by atoms with Gasteiger partial charge in [0, 0.05) is 43.4 Å². The van der Waals surface area contributed by atoms with Gasteiger partial charge in [0.15, 0.2) is 0 Å². The van der Waals surface area contributed by atoms with Crippen LogP contribution in [-0.2, 0) is 12.7 Å². The van der Waals surface area contributed by atoms with Gasteiger partial charge >= 0.3 is 12.2 Å². The Hall–Kier alpha value is -2.25. The number of alkyl halides is 3. The number of nitrogens with one attached hydrogen (secondary N) is 1. The SMILES string of the molecule is O=C(Nc1cccc(C(F)(F)F)c1)N1CCN(Cc2cccc(Cl)c2)CC1. The predicted molar refractivity (Wildman–Crippen MR) is 98.8 cm³/mol. The highest BCUT2D eigenvalue weighted by Crippen LogP contribution is 2.30. The fourth-order valence-corrected chi connectivity index (χ4v) is 3.19. The molecule has 4 nitrogen and oxygen atoms in total. The van der Waals surface area contributed by atoms with Crippen LogP contribution in [0.5, 0.6) is 0 Å². The van der Waals surface area contributed by atoms with Crippen molar-refractivity contribution in [1.82, 2.24) is 9.80 Å². The van der Waals surface area contributed by atoms with Crippen LogP contribution in [0.25, 0.3) is 0 Å². The van der Waals surface area contributed by atoms with E-state index in [1.54, 1.807) is 4.90 Å². The van der Waals surface area contributed by atoms with E-state index in [2.05, 4.69) is 10.2 Å². The summed E-state index contributed by atoms with van der Waals surface area (Å²) in [5.41, 5.74) is 0.451. The topological polar surface area (TPSA) is 35.6 Å². The van der Waals surface area contributed by atoms with E-state index >= 15 is 0 Å². The van der Waals surface area contributed by atoms with Crippen molar-refractivity contribution in [1.29, 1.82) is 0 Å². The molecule has 2 amide bonds. The van der Waals surface area contributed by atoms with Gasteiger partial charge in [0.25, 0.3) is 0 Å². The summed E-state index contributed by atoms with van der Waals surface area (Å²) in [7, 11) is 0. The lowest BCUT2D eigenvalue weighted by Gasteiger charge is -2.34. The van der Waals surface area contributed by atoms with E-state index in [-0.39, 0.29) is 5.69 Å². The molecule has 2 aromatic carbocycles. The fraction of sp³-hybridized carbons (Fsp3) is 0.316. The molecule has 0 aromatic heterocycles. The van der Waals surface area contributed by atoms with Gasteiger partial charge in [-0.3, -0.25) is 4.90 Å². The molecule has 0 aliphatic carbocycles. The number of nitrogens with zero attached hydrogens (tertiary/aromatic N) is 2. The molecule has 27 heavy (non-hydrogen) atoms. The number of urea groups is 1. The van der Waals surface area contributed by atoms with Gasteiger partial charge in [0.1, 0.15) is 0 Å². The molecule has 1 aliphatic heterocycles. The zero-order valence-electron chi connectivity index (χ0n) is 14.5. The van der Waals surface area contributed by atoms with Crippen LogP contribution in [-0.4, -0.2) is 42.0 Å². The maximum atomic E-state index is 12.8. The van der Waals surface area contributed by atoms with Crippen molar-refractivity contribution in [2.24, 2.45) is 0 Å². The molecule has 0 radical (unpaired) electrons. The minimum Gasteiger partial charge on any atom is -0.322 e. The van der Waals surface area contributed by atoms with E-state index in [4.69, 9.17) is 11.6 Å². The Morgan fingerprint density at radius 3 is 2.41 bits per heavy atom. The minimum absolute atomic E-state index is 0.135. The first-order valence-electron chi connectivity index (χ1n) is 8.51. The van der Waals surface area contributed by atoms with Gasteiger partial charge in [-0.1, -0.05) is 29.8 Å². The molecule has 1 saturated heterocycles. The van der Waals surface area contributed by atoms with Gasteiger partial charge in [0.05, 0.1) is 5.56 Å². The van der Waals surface area contributed by atoms with Crippen molar-refractivity contribution in [3.05, 3.63) is 64.7 Å². The van der Waals surface area contributed by atoms with Crippen molar-refractivity contribution in [2.75, 3.05) is 31.5 Å². The molecule has 0 atom stereocenters. The van der Waals surface area contributed by atoms with E-state index in [9.17, 15) is 18.0 Å². The summed E-state index contributed by atoms with van der Waals surface area (Å²) in [6, 6.07) is 11.9. The van der Waals surface area contributed by atoms with Crippen LogP contribution in [0.4, 0.5) is 23.7 Å². The first kappa shape index (κ1) is 19.5. The third-order valence-corrected chi connectivity index (χ3v) is 4.63. The van der Waals surface area contributed by atoms with Crippen molar-refractivity contribution < 1.29 is 18.0 Å². The molecule has 0 saturated carbocycles. The lowest BCUT2D eigenvalue weighted by molar-refractivity contribution is -0.137. The Morgan fingerprint density at radius 1 is 1.04 bits per heavy atom. The average molecular weight is 398 g/mol. The molecule has 0 bridgehead atoms. The highest BCUT2D eigenvalue weighted by molar-refractivity contribution is 6.30. The van der Waals surface area contributed by atoms with Crippen molar-refractivity contribution >= 4 is 23.3 Å². The summed E-state index contributed by atoms with van der Waals surface area (Å²) < 4.78 is 38.3. The van der Waals surface area contributed by atoms with Crippen LogP contribution in [0.15, 0.2) is 48.5 Å². The molecule has 1 aliphatic rings. The number of halogens is 4. The van der Waals surface area contributed by atoms with Crippen molar-refractivity contribution in [3.63, 3.8) is 0 Å². The monoisotopic (exact) mass is 397 g/mol. The number of amides is 2. The first-order chi connectivity index (χ1) is 12.8. The van der Waals surface area contributed by atoms with E-state index < -0.39 is 17.8 Å². The lowest BCUT2D eigenvalue weighted by Crippen LogP contribution is -2.49. The summed E-state index contributed by atoms with van der Waals surface area (Å²) in [6.45, 7) is 3.12. The molecule has 0 unspecified atom stereocenters. The normalized spacial score (nSPS) is 15.6. The summed E-state index contributed by atoms with van der Waals surface area (Å²) in [6.07, 6.45) is -4.44. The van der Waals surface area contributed by atoms with Gasteiger partial charge in [-0.2, -0.15) is 13.2 Å². The molecule has 2 aromatic rings. The number of rotatable bonds is 3. The molecule has 0 spiro atoms. The standard InChI is InChI=1S/C19H19ClF3N3O/c20-16-5-1-3-14(11-16)13-25-7-9-26(10-8-25)18(27)24-17-6-2-4-15(12-17)19(21,22)23/h1-6,11-12H,7-10,13H2,(H,24,27). The number of piperazine rings is 1. The number of hydrogen-bond donors (Lipinski definition) is 1. The lowest BCUT2D eigenvalue weighted by atomic mass is 10.2. The number of carbonyl (C=O) groups is 1. The Bertz CT molecular complexity index is 805. The van der Waals surface area contributed by atoms with Crippen molar-refractivity contribution in [3.8, 4) is 0 Å². The number of carbonyl (C=O) groups excluding carboxylic acids is 1. The van der Waals surface area contributed by atoms with E-state index in [1.807, 2.05) is 24.3 Å². The van der Waals surface area contributed by atoms with Gasteiger partial charge < -0.3 is 10.2 Å². The maximum Gasteiger partial charge on any atom is 0.416 e. The molecule has 1 fully saturated rings. The van der Waals surface area contributed by atoms with Crippen LogP contribution in [0.3, 0.4) is 0 Å². The Kier molecular flexibility index (Phi) is 5.92. The predicted octanol–water partition coefficient (Wildman–Crippen LogP) is 4.71. The zero-order valence-corrected chi connectivity index (χ0v) is 15.2. The summed E-state index contributed by atoms with van der Waals surface area (Å²) >= 11 is 5.99. The van der Waals surface area contributed by atoms with Crippen LogP contribution in [0.2, 0.25) is 5.02 Å². The number of anilines is 1. The van der Waals surface area contributed by atoms with Gasteiger partial charge in [-0.05, 0) is 35.9 Å². The van der Waals surface area contributed by atoms with Gasteiger partial charge in [-0.25, -0.2) is 4.79 Å². The summed E-state index contributed by atoms with van der Waals surface area (Å²) in [5, 5.41) is 3.23. The molecular weight excluding hydrogens is 379 g/mol. The summed E-state index contributed by atoms with van der Waals surface area (Å²) in [4.78, 5) is 16.1. The van der Waals surface area contributed by atoms with E-state index in [1.165, 1.54) is 12.1 Å². The third kappa shape index (κ3) is 5.37. The molecule has 8 heteroatoms. The molecule has 3 rings (SSSR count). The molecule has 1 N–H and O–H groups in total. The number of hydrogen-bond acceptors (Lipinski definition) is 2. The summed E-state index contributed by atoms with van der Waals surface area (Å²) in [5.74, 6) is 0. The molecule has 144 valence electrons. The zero-order chi connectivity index (χ0) is 19.4. The largest absolute Gasteiger partial charge is 0.416 e. The van der Waals surface area contributed by atoms with Crippen molar-refractivity contribution in [2.45, 2.75) is 12.7 Å². The van der Waals surface area contributed by atoms with Gasteiger partial charge in [-0.15, -0.1) is 0 Å². The van der Waals surface area contributed by atoms with Crippen LogP contribution >= 0.6 is 11.6 Å². The quantitative estimate of drug-likeness (QED) is 0.814. The Labute approximate surface area is 160 Å². The maximum absolute atomic E-state index is 12.8. The fourth-order valence-electron chi connectivity index (χ4n) is 2.98. The minimum atomic E-state index is -4.44. The third-order valence-electron chi connectivity index (χ3n) is 4.40. The molecule has 1 heterocycles. The first-order valence-corrected chi connectivity index (χ1v) is 8.89. The second-order valence-electron chi connectivity index (χ2n) is 6.40. The highest BCUT2D eigenvalue weighted by atomic mass is 35.5. The van der Waals surface area contributed by atoms with E-state index in [0.717, 1.165) is 24.2 Å². The second kappa shape index (κ2) is 8.19. The van der Waals surface area contributed by atoms with Crippen LogP contribution in [0, 0.1) is 0 Å². The highest BCUT2D eigenvalue weighted by Gasteiger charge is 2.30. The van der Waals surface area contributed by atoms with E-state index in [0.29, 0.717) is 31.2 Å². The molecular formula is C19H19ClF3N3O. The van der Waals surface area contributed by atoms with Crippen LogP contribution in [0.1, 0.15) is 11.1 Å². The Morgan fingerprint density at radius 2 is 1.74 bits per heavy atom. The smallest absolute Gasteiger partial charge is 0.322 e. The second-order valence-corrected chi connectivity index (χ2v) is 6.84. The average Bonchev–Trinajstić information content (AvgIpc) is 2.62. The number of benzene rings is 2. The van der Waals surface area contributed by atoms with Gasteiger partial charge in [0.2, 0.25) is 0 Å².